The molecule has 0 aliphatic carbocycles. The molecule has 2 N–H and O–H groups in total. The minimum absolute atomic E-state index is 0.00343. The van der Waals surface area contributed by atoms with E-state index in [0.717, 1.165) is 29.3 Å². The van der Waals surface area contributed by atoms with Gasteiger partial charge in [0.15, 0.2) is 5.65 Å². The molecule has 0 radical (unpaired) electrons. The van der Waals surface area contributed by atoms with Crippen molar-refractivity contribution in [1.82, 2.24) is 25.5 Å². The summed E-state index contributed by atoms with van der Waals surface area (Å²) in [6, 6.07) is 8.08. The SMILES string of the molecule is CCC[C@H](C)NC(=O)CSc1nnc2c(n1)[nH]c1ccccc12. The largest absolute Gasteiger partial charge is 0.353 e. The molecule has 0 aliphatic rings. The van der Waals surface area contributed by atoms with E-state index in [-0.39, 0.29) is 11.9 Å². The normalized spacial score (nSPS) is 12.6. The van der Waals surface area contributed by atoms with Crippen LogP contribution < -0.4 is 5.32 Å². The van der Waals surface area contributed by atoms with E-state index in [1.807, 2.05) is 31.2 Å². The maximum atomic E-state index is 11.9. The monoisotopic (exact) mass is 329 g/mol. The van der Waals surface area contributed by atoms with Crippen LogP contribution >= 0.6 is 11.8 Å². The molecule has 0 spiro atoms. The van der Waals surface area contributed by atoms with Gasteiger partial charge in [-0.15, -0.1) is 10.2 Å². The Morgan fingerprint density at radius 1 is 1.35 bits per heavy atom. The lowest BCUT2D eigenvalue weighted by atomic mass is 10.2. The molecule has 2 heterocycles. The number of nitrogens with one attached hydrogen (secondary N) is 2. The third-order valence-electron chi connectivity index (χ3n) is 3.56. The Bertz CT molecular complexity index is 832. The van der Waals surface area contributed by atoms with Gasteiger partial charge in [-0.2, -0.15) is 0 Å². The lowest BCUT2D eigenvalue weighted by molar-refractivity contribution is -0.119. The van der Waals surface area contributed by atoms with Crippen LogP contribution in [0.4, 0.5) is 0 Å². The second-order valence-corrected chi connectivity index (χ2v) is 6.45. The predicted octanol–water partition coefficient (Wildman–Crippen LogP) is 2.90. The van der Waals surface area contributed by atoms with Crippen molar-refractivity contribution in [2.45, 2.75) is 37.9 Å². The molecule has 1 amide bonds. The Labute approximate surface area is 138 Å². The number of rotatable bonds is 6. The van der Waals surface area contributed by atoms with Gasteiger partial charge < -0.3 is 10.3 Å². The third-order valence-corrected chi connectivity index (χ3v) is 4.40. The number of carbonyl (C=O) groups excluding carboxylic acids is 1. The van der Waals surface area contributed by atoms with Crippen molar-refractivity contribution in [1.29, 1.82) is 0 Å². The van der Waals surface area contributed by atoms with E-state index >= 15 is 0 Å². The van der Waals surface area contributed by atoms with E-state index < -0.39 is 0 Å². The quantitative estimate of drug-likeness (QED) is 0.679. The number of aromatic nitrogens is 4. The fourth-order valence-electron chi connectivity index (χ4n) is 2.52. The Hall–Kier alpha value is -2.15. The first-order valence-corrected chi connectivity index (χ1v) is 8.69. The summed E-state index contributed by atoms with van der Waals surface area (Å²) in [7, 11) is 0. The minimum atomic E-state index is -0.00343. The molecule has 0 saturated heterocycles. The highest BCUT2D eigenvalue weighted by molar-refractivity contribution is 7.99. The van der Waals surface area contributed by atoms with Crippen LogP contribution in [0.1, 0.15) is 26.7 Å². The maximum Gasteiger partial charge on any atom is 0.230 e. The number of thioether (sulfide) groups is 1. The Kier molecular flexibility index (Phi) is 4.76. The van der Waals surface area contributed by atoms with Gasteiger partial charge in [-0.1, -0.05) is 43.3 Å². The van der Waals surface area contributed by atoms with Crippen molar-refractivity contribution in [2.24, 2.45) is 0 Å². The van der Waals surface area contributed by atoms with Gasteiger partial charge in [0.25, 0.3) is 0 Å². The van der Waals surface area contributed by atoms with E-state index in [1.54, 1.807) is 0 Å². The fourth-order valence-corrected chi connectivity index (χ4v) is 3.12. The van der Waals surface area contributed by atoms with Gasteiger partial charge in [0.1, 0.15) is 5.52 Å². The van der Waals surface area contributed by atoms with E-state index in [9.17, 15) is 4.79 Å². The highest BCUT2D eigenvalue weighted by atomic mass is 32.2. The molecule has 0 unspecified atom stereocenters. The van der Waals surface area contributed by atoms with Crippen LogP contribution in [0.3, 0.4) is 0 Å². The van der Waals surface area contributed by atoms with Crippen LogP contribution in [-0.4, -0.2) is 37.9 Å². The van der Waals surface area contributed by atoms with Gasteiger partial charge in [0, 0.05) is 16.9 Å². The molecule has 3 rings (SSSR count). The fraction of sp³-hybridized carbons (Fsp3) is 0.375. The number of para-hydroxylation sites is 1. The molecule has 23 heavy (non-hydrogen) atoms. The minimum Gasteiger partial charge on any atom is -0.353 e. The molecule has 0 aliphatic heterocycles. The summed E-state index contributed by atoms with van der Waals surface area (Å²) in [6.45, 7) is 4.12. The topological polar surface area (TPSA) is 83.6 Å². The number of carbonyl (C=O) groups is 1. The number of H-pyrrole nitrogens is 1. The summed E-state index contributed by atoms with van der Waals surface area (Å²) in [5, 5.41) is 12.8. The van der Waals surface area contributed by atoms with Gasteiger partial charge in [-0.3, -0.25) is 4.79 Å². The predicted molar refractivity (Wildman–Crippen MR) is 92.4 cm³/mol. The first kappa shape index (κ1) is 15.7. The van der Waals surface area contributed by atoms with Gasteiger partial charge in [0.05, 0.1) is 5.75 Å². The molecular formula is C16H19N5OS. The van der Waals surface area contributed by atoms with Gasteiger partial charge in [-0.25, -0.2) is 4.98 Å². The van der Waals surface area contributed by atoms with Crippen LogP contribution in [-0.2, 0) is 4.79 Å². The van der Waals surface area contributed by atoms with E-state index in [1.165, 1.54) is 11.8 Å². The molecule has 1 aromatic carbocycles. The molecule has 120 valence electrons. The lowest BCUT2D eigenvalue weighted by Crippen LogP contribution is -2.33. The smallest absolute Gasteiger partial charge is 0.230 e. The molecule has 0 bridgehead atoms. The number of nitrogens with zero attached hydrogens (tertiary/aromatic N) is 3. The molecule has 0 saturated carbocycles. The van der Waals surface area contributed by atoms with Crippen LogP contribution in [0.5, 0.6) is 0 Å². The first-order chi connectivity index (χ1) is 11.2. The highest BCUT2D eigenvalue weighted by Crippen LogP contribution is 2.23. The molecular weight excluding hydrogens is 310 g/mol. The summed E-state index contributed by atoms with van der Waals surface area (Å²) >= 11 is 1.30. The number of hydrogen-bond donors (Lipinski definition) is 2. The van der Waals surface area contributed by atoms with Gasteiger partial charge >= 0.3 is 0 Å². The molecule has 6 nitrogen and oxygen atoms in total. The zero-order valence-electron chi connectivity index (χ0n) is 13.2. The van der Waals surface area contributed by atoms with Crippen molar-refractivity contribution in [2.75, 3.05) is 5.75 Å². The van der Waals surface area contributed by atoms with Crippen molar-refractivity contribution in [3.63, 3.8) is 0 Å². The lowest BCUT2D eigenvalue weighted by Gasteiger charge is -2.11. The Morgan fingerprint density at radius 2 is 2.17 bits per heavy atom. The van der Waals surface area contributed by atoms with Crippen LogP contribution in [0.15, 0.2) is 29.4 Å². The molecule has 2 aromatic heterocycles. The third kappa shape index (κ3) is 3.61. The van der Waals surface area contributed by atoms with E-state index in [0.29, 0.717) is 16.6 Å². The highest BCUT2D eigenvalue weighted by Gasteiger charge is 2.11. The zero-order chi connectivity index (χ0) is 16.2. The molecule has 0 fully saturated rings. The molecule has 3 aromatic rings. The van der Waals surface area contributed by atoms with Crippen molar-refractivity contribution in [3.8, 4) is 0 Å². The number of hydrogen-bond acceptors (Lipinski definition) is 5. The van der Waals surface area contributed by atoms with Crippen molar-refractivity contribution >= 4 is 39.7 Å². The number of aromatic amines is 1. The van der Waals surface area contributed by atoms with E-state index in [2.05, 4.69) is 32.4 Å². The number of fused-ring (bicyclic) bond motifs is 3. The standard InChI is InChI=1S/C16H19N5OS/c1-3-6-10(2)17-13(22)9-23-16-19-15-14(20-21-16)11-7-4-5-8-12(11)18-15/h4-5,7-8,10H,3,6,9H2,1-2H3,(H,17,22)(H,18,19,21)/t10-/m0/s1. The average Bonchev–Trinajstić information content (AvgIpc) is 2.90. The zero-order valence-corrected chi connectivity index (χ0v) is 14.0. The van der Waals surface area contributed by atoms with Crippen LogP contribution in [0, 0.1) is 0 Å². The maximum absolute atomic E-state index is 11.9. The summed E-state index contributed by atoms with van der Waals surface area (Å²) in [4.78, 5) is 19.6. The Balaban J connectivity index is 1.69. The first-order valence-electron chi connectivity index (χ1n) is 7.70. The molecule has 7 heteroatoms. The van der Waals surface area contributed by atoms with Crippen molar-refractivity contribution in [3.05, 3.63) is 24.3 Å². The molecule has 1 atom stereocenters. The summed E-state index contributed by atoms with van der Waals surface area (Å²) in [6.07, 6.45) is 2.04. The van der Waals surface area contributed by atoms with Gasteiger partial charge in [0.2, 0.25) is 11.1 Å². The van der Waals surface area contributed by atoms with Crippen LogP contribution in [0.2, 0.25) is 0 Å². The summed E-state index contributed by atoms with van der Waals surface area (Å²) in [5.74, 6) is 0.290. The number of amides is 1. The van der Waals surface area contributed by atoms with E-state index in [4.69, 9.17) is 0 Å². The van der Waals surface area contributed by atoms with Crippen molar-refractivity contribution < 1.29 is 4.79 Å². The Morgan fingerprint density at radius 3 is 3.00 bits per heavy atom. The second kappa shape index (κ2) is 6.95. The average molecular weight is 329 g/mol. The number of benzene rings is 1. The second-order valence-electron chi connectivity index (χ2n) is 5.51. The van der Waals surface area contributed by atoms with Gasteiger partial charge in [-0.05, 0) is 19.4 Å². The summed E-state index contributed by atoms with van der Waals surface area (Å²) < 4.78 is 0. The van der Waals surface area contributed by atoms with Crippen LogP contribution in [0.25, 0.3) is 22.1 Å². The summed E-state index contributed by atoms with van der Waals surface area (Å²) in [5.41, 5.74) is 2.44.